The van der Waals surface area contributed by atoms with Crippen molar-refractivity contribution in [3.05, 3.63) is 47.4 Å². The molecule has 0 aromatic carbocycles. The molecule has 0 bridgehead atoms. The normalized spacial score (nSPS) is 22.7. The Morgan fingerprint density at radius 1 is 1.26 bits per heavy atom. The van der Waals surface area contributed by atoms with E-state index in [-0.39, 0.29) is 23.4 Å². The van der Waals surface area contributed by atoms with Crippen molar-refractivity contribution in [2.75, 3.05) is 42.8 Å². The van der Waals surface area contributed by atoms with E-state index in [2.05, 4.69) is 70.3 Å². The Kier molecular flexibility index (Phi) is 6.31. The molecule has 0 amide bonds. The fraction of sp³-hybridized carbons (Fsp3) is 0.565. The molecule has 0 saturated carbocycles. The van der Waals surface area contributed by atoms with E-state index in [1.54, 1.807) is 0 Å². The van der Waals surface area contributed by atoms with Crippen LogP contribution in [-0.4, -0.2) is 59.9 Å². The summed E-state index contributed by atoms with van der Waals surface area (Å²) in [6.07, 6.45) is 12.7. The van der Waals surface area contributed by atoms with Crippen molar-refractivity contribution in [1.29, 1.82) is 0 Å². The van der Waals surface area contributed by atoms with Crippen LogP contribution in [0.3, 0.4) is 0 Å². The number of allylic oxidation sites excluding steroid dienone is 4. The van der Waals surface area contributed by atoms with Crippen LogP contribution in [0.4, 0.5) is 11.9 Å². The Morgan fingerprint density at radius 3 is 2.77 bits per heavy atom. The molecule has 2 unspecified atom stereocenters. The predicted molar refractivity (Wildman–Crippen MR) is 125 cm³/mol. The van der Waals surface area contributed by atoms with Gasteiger partial charge in [-0.05, 0) is 40.2 Å². The molecule has 1 fully saturated rings. The molecule has 8 heteroatoms. The zero-order chi connectivity index (χ0) is 22.0. The molecule has 1 aromatic heterocycles. The van der Waals surface area contributed by atoms with Gasteiger partial charge in [0.05, 0.1) is 12.7 Å². The van der Waals surface area contributed by atoms with Gasteiger partial charge in [-0.3, -0.25) is 9.89 Å². The lowest BCUT2D eigenvalue weighted by Gasteiger charge is -2.41. The zero-order valence-electron chi connectivity index (χ0n) is 18.9. The Bertz CT molecular complexity index is 886. The van der Waals surface area contributed by atoms with Gasteiger partial charge in [0.25, 0.3) is 6.01 Å². The monoisotopic (exact) mass is 425 g/mol. The number of dihydropyridines is 1. The second kappa shape index (κ2) is 8.98. The molecular formula is C23H33N6O2-. The first-order valence-corrected chi connectivity index (χ1v) is 11.1. The number of hydrazine groups is 1. The van der Waals surface area contributed by atoms with Crippen LogP contribution in [0.1, 0.15) is 34.1 Å². The first-order chi connectivity index (χ1) is 14.8. The highest BCUT2D eigenvalue weighted by Crippen LogP contribution is 2.27. The van der Waals surface area contributed by atoms with Gasteiger partial charge in [0.1, 0.15) is 0 Å². The van der Waals surface area contributed by atoms with Gasteiger partial charge in [-0.2, -0.15) is 4.98 Å². The Balaban J connectivity index is 1.30. The van der Waals surface area contributed by atoms with E-state index in [1.165, 1.54) is 11.8 Å². The average molecular weight is 426 g/mol. The maximum atomic E-state index is 12.6. The standard InChI is InChI=1S/C23H33N6O2/c1-17(15-18-9-10-24-20-8-6-5-7-19(18)20)26-29(30)21-16-25-22(31-21)27-11-13-28(14-12-27)23(2,3)4/h5-9,16-17,19,26H,10-15H2,1-4H3/q-1. The molecule has 1 saturated heterocycles. The van der Waals surface area contributed by atoms with Gasteiger partial charge in [-0.15, -0.1) is 0 Å². The first-order valence-electron chi connectivity index (χ1n) is 11.1. The highest BCUT2D eigenvalue weighted by atomic mass is 16.6. The van der Waals surface area contributed by atoms with Gasteiger partial charge < -0.3 is 19.7 Å². The molecule has 1 N–H and O–H groups in total. The van der Waals surface area contributed by atoms with Crippen LogP contribution in [-0.2, 0) is 0 Å². The van der Waals surface area contributed by atoms with E-state index in [0.29, 0.717) is 17.7 Å². The summed E-state index contributed by atoms with van der Waals surface area (Å²) >= 11 is 0. The molecular weight excluding hydrogens is 392 g/mol. The highest BCUT2D eigenvalue weighted by molar-refractivity contribution is 6.01. The lowest BCUT2D eigenvalue weighted by atomic mass is 9.85. The highest BCUT2D eigenvalue weighted by Gasteiger charge is 2.28. The number of hydrogen-bond acceptors (Lipinski definition) is 8. The third-order valence-electron chi connectivity index (χ3n) is 6.09. The zero-order valence-corrected chi connectivity index (χ0v) is 18.9. The van der Waals surface area contributed by atoms with E-state index in [4.69, 9.17) is 4.42 Å². The average Bonchev–Trinajstić information content (AvgIpc) is 3.24. The Labute approximate surface area is 184 Å². The summed E-state index contributed by atoms with van der Waals surface area (Å²) < 4.78 is 5.78. The molecule has 1 aliphatic carbocycles. The maximum absolute atomic E-state index is 12.6. The second-order valence-corrected chi connectivity index (χ2v) is 9.42. The van der Waals surface area contributed by atoms with Crippen molar-refractivity contribution in [2.24, 2.45) is 10.9 Å². The molecule has 0 radical (unpaired) electrons. The van der Waals surface area contributed by atoms with Gasteiger partial charge in [0, 0.05) is 49.4 Å². The van der Waals surface area contributed by atoms with Gasteiger partial charge >= 0.3 is 0 Å². The molecule has 2 aliphatic heterocycles. The lowest BCUT2D eigenvalue weighted by molar-refractivity contribution is 0.127. The van der Waals surface area contributed by atoms with Crippen molar-refractivity contribution in [1.82, 2.24) is 15.3 Å². The number of rotatable bonds is 6. The van der Waals surface area contributed by atoms with Crippen LogP contribution in [0.15, 0.2) is 51.6 Å². The number of anilines is 2. The number of nitrogens with zero attached hydrogens (tertiary/aromatic N) is 5. The van der Waals surface area contributed by atoms with Gasteiger partial charge in [-0.1, -0.05) is 29.9 Å². The fourth-order valence-electron chi connectivity index (χ4n) is 4.33. The lowest BCUT2D eigenvalue weighted by Crippen LogP contribution is -2.53. The SMILES string of the molecule is CC(CC1=CCN=C2C=CC=CC12)NN([O-])c1cnc(N2CCN(C(C)(C)C)CC2)o1. The van der Waals surface area contributed by atoms with Crippen LogP contribution < -0.4 is 15.5 Å². The molecule has 0 spiro atoms. The summed E-state index contributed by atoms with van der Waals surface area (Å²) in [7, 11) is 0. The van der Waals surface area contributed by atoms with Gasteiger partial charge in [0.15, 0.2) is 0 Å². The van der Waals surface area contributed by atoms with Crippen LogP contribution in [0.25, 0.3) is 0 Å². The summed E-state index contributed by atoms with van der Waals surface area (Å²) in [5, 5.41) is 13.3. The van der Waals surface area contributed by atoms with Crippen molar-refractivity contribution >= 4 is 17.6 Å². The minimum Gasteiger partial charge on any atom is -0.741 e. The smallest absolute Gasteiger partial charge is 0.299 e. The summed E-state index contributed by atoms with van der Waals surface area (Å²) in [6.45, 7) is 12.9. The number of oxazole rings is 1. The van der Waals surface area contributed by atoms with Crippen LogP contribution in [0.5, 0.6) is 0 Å². The topological polar surface area (TPSA) is 83.2 Å². The van der Waals surface area contributed by atoms with E-state index in [0.717, 1.165) is 38.3 Å². The molecule has 2 atom stereocenters. The third-order valence-corrected chi connectivity index (χ3v) is 6.09. The summed E-state index contributed by atoms with van der Waals surface area (Å²) in [5.41, 5.74) is 5.51. The number of hydrogen-bond donors (Lipinski definition) is 1. The molecule has 31 heavy (non-hydrogen) atoms. The number of aromatic nitrogens is 1. The molecule has 168 valence electrons. The van der Waals surface area contributed by atoms with Crippen molar-refractivity contribution in [3.63, 3.8) is 0 Å². The summed E-state index contributed by atoms with van der Waals surface area (Å²) in [4.78, 5) is 13.4. The van der Waals surface area contributed by atoms with Crippen LogP contribution >= 0.6 is 0 Å². The fourth-order valence-corrected chi connectivity index (χ4v) is 4.33. The first kappa shape index (κ1) is 21.8. The maximum Gasteiger partial charge on any atom is 0.299 e. The van der Waals surface area contributed by atoms with Gasteiger partial charge in [-0.25, -0.2) is 5.43 Å². The Morgan fingerprint density at radius 2 is 2.03 bits per heavy atom. The van der Waals surface area contributed by atoms with Crippen molar-refractivity contribution in [3.8, 4) is 0 Å². The molecule has 8 nitrogen and oxygen atoms in total. The van der Waals surface area contributed by atoms with E-state index in [9.17, 15) is 5.21 Å². The summed E-state index contributed by atoms with van der Waals surface area (Å²) in [5.74, 6) is 0.396. The molecule has 3 aliphatic rings. The van der Waals surface area contributed by atoms with Gasteiger partial charge in [0.2, 0.25) is 5.88 Å². The number of fused-ring (bicyclic) bond motifs is 1. The predicted octanol–water partition coefficient (Wildman–Crippen LogP) is 3.31. The van der Waals surface area contributed by atoms with Crippen LogP contribution in [0, 0.1) is 11.1 Å². The third kappa shape index (κ3) is 5.08. The van der Waals surface area contributed by atoms with Crippen LogP contribution in [0.2, 0.25) is 0 Å². The molecule has 4 rings (SSSR count). The molecule has 3 heterocycles. The minimum atomic E-state index is -0.0497. The summed E-state index contributed by atoms with van der Waals surface area (Å²) in [6, 6.07) is 0.458. The van der Waals surface area contributed by atoms with E-state index in [1.807, 2.05) is 13.0 Å². The number of piperazine rings is 1. The second-order valence-electron chi connectivity index (χ2n) is 9.42. The van der Waals surface area contributed by atoms with Crippen molar-refractivity contribution < 1.29 is 4.42 Å². The minimum absolute atomic E-state index is 0.0497. The van der Waals surface area contributed by atoms with Crippen molar-refractivity contribution in [2.45, 2.75) is 45.7 Å². The Hall–Kier alpha value is -2.42. The quantitative estimate of drug-likeness (QED) is 0.553. The molecule has 1 aromatic rings. The van der Waals surface area contributed by atoms with E-state index >= 15 is 0 Å². The van der Waals surface area contributed by atoms with E-state index < -0.39 is 0 Å². The largest absolute Gasteiger partial charge is 0.741 e. The number of aliphatic imine (C=N–C) groups is 1. The number of nitrogens with one attached hydrogen (secondary N) is 1.